The largest absolute Gasteiger partial charge is 0.432 e. The molecular formula is C33H37N3O7Si. The van der Waals surface area contributed by atoms with Crippen LogP contribution in [0.25, 0.3) is 0 Å². The summed E-state index contributed by atoms with van der Waals surface area (Å²) in [6, 6.07) is 21.3. The lowest BCUT2D eigenvalue weighted by atomic mass is 9.82. The van der Waals surface area contributed by atoms with Crippen LogP contribution in [-0.4, -0.2) is 58.6 Å². The van der Waals surface area contributed by atoms with Gasteiger partial charge in [-0.3, -0.25) is 19.7 Å². The van der Waals surface area contributed by atoms with Gasteiger partial charge in [0, 0.05) is 35.7 Å². The Bertz CT molecular complexity index is 1610. The van der Waals surface area contributed by atoms with Crippen LogP contribution < -0.4 is 4.90 Å². The van der Waals surface area contributed by atoms with E-state index in [1.165, 1.54) is 12.1 Å². The minimum absolute atomic E-state index is 0.0946. The van der Waals surface area contributed by atoms with Crippen molar-refractivity contribution in [2.75, 3.05) is 11.5 Å². The molecule has 11 heteroatoms. The summed E-state index contributed by atoms with van der Waals surface area (Å²) >= 11 is 0. The predicted octanol–water partition coefficient (Wildman–Crippen LogP) is 4.28. The number of hydrogen-bond donors (Lipinski definition) is 2. The Morgan fingerprint density at radius 2 is 1.77 bits per heavy atom. The van der Waals surface area contributed by atoms with Gasteiger partial charge in [-0.05, 0) is 42.3 Å². The van der Waals surface area contributed by atoms with Gasteiger partial charge in [-0.2, -0.15) is 0 Å². The maximum absolute atomic E-state index is 14.6. The van der Waals surface area contributed by atoms with E-state index in [0.717, 1.165) is 16.7 Å². The number of aliphatic hydroxyl groups excluding tert-OH is 1. The molecule has 3 heterocycles. The van der Waals surface area contributed by atoms with Crippen molar-refractivity contribution in [1.82, 2.24) is 4.90 Å². The lowest BCUT2D eigenvalue weighted by Crippen LogP contribution is -2.48. The highest BCUT2D eigenvalue weighted by atomic mass is 28.4. The van der Waals surface area contributed by atoms with E-state index in [1.807, 2.05) is 61.5 Å². The quantitative estimate of drug-likeness (QED) is 0.230. The molecule has 6 rings (SSSR count). The van der Waals surface area contributed by atoms with Gasteiger partial charge in [0.1, 0.15) is 0 Å². The molecular weight excluding hydrogens is 578 g/mol. The highest BCUT2D eigenvalue weighted by Crippen LogP contribution is 2.60. The fourth-order valence-corrected chi connectivity index (χ4v) is 10.2. The maximum atomic E-state index is 14.6. The van der Waals surface area contributed by atoms with Crippen LogP contribution in [0.1, 0.15) is 35.6 Å². The molecule has 3 aliphatic heterocycles. The van der Waals surface area contributed by atoms with Crippen LogP contribution in [0, 0.1) is 16.0 Å². The fourth-order valence-electron chi connectivity index (χ4n) is 7.63. The van der Waals surface area contributed by atoms with Crippen molar-refractivity contribution >= 4 is 31.5 Å². The minimum atomic E-state index is -3.08. The molecule has 3 aromatic rings. The standard InChI is InChI=1S/C33H37N3O7Si/c1-21-31(44(2,3)42)29(17-30(38)34-19-24-12-8-7-11-23(24)15-26(34)20-37)43-33(21)27-16-25(36(40)41)13-14-28(27)35(32(33)39)18-22-9-5-4-6-10-22/h4-14,16,21,26,29,31,37,42H,15,17-20H2,1-3H3/t21-,26+,29+,31-,33+/m1/s1. The van der Waals surface area contributed by atoms with Gasteiger partial charge >= 0.3 is 0 Å². The highest BCUT2D eigenvalue weighted by molar-refractivity contribution is 6.71. The fraction of sp³-hybridized carbons (Fsp3) is 0.394. The first-order valence-corrected chi connectivity index (χ1v) is 18.0. The molecule has 2 N–H and O–H groups in total. The van der Waals surface area contributed by atoms with Crippen LogP contribution in [0.15, 0.2) is 72.8 Å². The summed E-state index contributed by atoms with van der Waals surface area (Å²) in [7, 11) is -3.08. The van der Waals surface area contributed by atoms with Crippen molar-refractivity contribution in [3.63, 3.8) is 0 Å². The number of anilines is 1. The number of carbonyl (C=O) groups excluding carboxylic acids is 2. The molecule has 0 bridgehead atoms. The summed E-state index contributed by atoms with van der Waals surface area (Å²) in [5.74, 6) is -1.17. The molecule has 2 amide bonds. The molecule has 0 radical (unpaired) electrons. The van der Waals surface area contributed by atoms with E-state index < -0.39 is 42.4 Å². The number of non-ortho nitro benzene ring substituents is 1. The second-order valence-electron chi connectivity index (χ2n) is 12.7. The molecule has 44 heavy (non-hydrogen) atoms. The Hall–Kier alpha value is -3.90. The summed E-state index contributed by atoms with van der Waals surface area (Å²) < 4.78 is 6.75. The van der Waals surface area contributed by atoms with Crippen molar-refractivity contribution in [3.05, 3.63) is 105 Å². The number of nitro benzene ring substituents is 1. The molecule has 0 unspecified atom stereocenters. The minimum Gasteiger partial charge on any atom is -0.432 e. The Morgan fingerprint density at radius 3 is 2.43 bits per heavy atom. The van der Waals surface area contributed by atoms with Crippen molar-refractivity contribution in [1.29, 1.82) is 0 Å². The number of benzene rings is 3. The molecule has 3 aromatic carbocycles. The normalized spacial score (nSPS) is 26.2. The van der Waals surface area contributed by atoms with Crippen molar-refractivity contribution in [3.8, 4) is 0 Å². The van der Waals surface area contributed by atoms with E-state index >= 15 is 0 Å². The number of rotatable bonds is 7. The number of ether oxygens (including phenoxy) is 1. The smallest absolute Gasteiger partial charge is 0.269 e. The van der Waals surface area contributed by atoms with Crippen LogP contribution in [-0.2, 0) is 39.4 Å². The van der Waals surface area contributed by atoms with E-state index in [1.54, 1.807) is 29.0 Å². The zero-order valence-corrected chi connectivity index (χ0v) is 26.1. The second-order valence-corrected chi connectivity index (χ2v) is 16.7. The molecule has 5 atom stereocenters. The highest BCUT2D eigenvalue weighted by Gasteiger charge is 2.66. The summed E-state index contributed by atoms with van der Waals surface area (Å²) in [4.78, 5) is 54.8. The Balaban J connectivity index is 1.39. The SMILES string of the molecule is C[C@@H]1[C@@H]([Si](C)(C)O)[C@H](CC(=O)N2Cc3ccccc3C[C@H]2CO)O[C@@]12C(=O)N(Cc1ccccc1)c1ccc([N+](=O)[O-])cc12. The topological polar surface area (TPSA) is 133 Å². The van der Waals surface area contributed by atoms with Gasteiger partial charge in [0.15, 0.2) is 13.9 Å². The van der Waals surface area contributed by atoms with Crippen LogP contribution >= 0.6 is 0 Å². The van der Waals surface area contributed by atoms with E-state index in [4.69, 9.17) is 4.74 Å². The number of nitro groups is 1. The van der Waals surface area contributed by atoms with Crippen molar-refractivity contribution in [2.24, 2.45) is 5.92 Å². The summed E-state index contributed by atoms with van der Waals surface area (Å²) in [6.45, 7) is 5.79. The van der Waals surface area contributed by atoms with Crippen LogP contribution in [0.2, 0.25) is 18.6 Å². The molecule has 3 aliphatic rings. The first-order valence-electron chi connectivity index (χ1n) is 15.0. The zero-order valence-electron chi connectivity index (χ0n) is 25.1. The number of aliphatic hydroxyl groups is 1. The van der Waals surface area contributed by atoms with E-state index in [-0.39, 0.29) is 37.1 Å². The molecule has 0 aromatic heterocycles. The van der Waals surface area contributed by atoms with Gasteiger partial charge in [-0.1, -0.05) is 61.5 Å². The van der Waals surface area contributed by atoms with Crippen LogP contribution in [0.4, 0.5) is 11.4 Å². The molecule has 1 spiro atoms. The second kappa shape index (κ2) is 11.2. The van der Waals surface area contributed by atoms with Crippen LogP contribution in [0.5, 0.6) is 0 Å². The average Bonchev–Trinajstić information content (AvgIpc) is 3.42. The van der Waals surface area contributed by atoms with Gasteiger partial charge < -0.3 is 24.4 Å². The Labute approximate surface area is 257 Å². The van der Waals surface area contributed by atoms with Crippen molar-refractivity contribution in [2.45, 2.75) is 69.2 Å². The summed E-state index contributed by atoms with van der Waals surface area (Å²) in [5.41, 5.74) is 1.60. The van der Waals surface area contributed by atoms with Gasteiger partial charge in [0.25, 0.3) is 11.6 Å². The molecule has 1 saturated heterocycles. The zero-order chi connectivity index (χ0) is 31.4. The molecule has 230 valence electrons. The van der Waals surface area contributed by atoms with Crippen molar-refractivity contribution < 1.29 is 29.2 Å². The van der Waals surface area contributed by atoms with Gasteiger partial charge in [-0.15, -0.1) is 0 Å². The van der Waals surface area contributed by atoms with Gasteiger partial charge in [-0.25, -0.2) is 0 Å². The van der Waals surface area contributed by atoms with Crippen LogP contribution in [0.3, 0.4) is 0 Å². The summed E-state index contributed by atoms with van der Waals surface area (Å²) in [6.07, 6.45) is -0.381. The lowest BCUT2D eigenvalue weighted by molar-refractivity contribution is -0.385. The number of nitrogens with zero attached hydrogens (tertiary/aromatic N) is 3. The lowest BCUT2D eigenvalue weighted by Gasteiger charge is -2.37. The summed E-state index contributed by atoms with van der Waals surface area (Å²) in [5, 5.41) is 22.0. The third-order valence-electron chi connectivity index (χ3n) is 9.62. The van der Waals surface area contributed by atoms with Gasteiger partial charge in [0.05, 0.1) is 42.3 Å². The van der Waals surface area contributed by atoms with E-state index in [9.17, 15) is 29.6 Å². The van der Waals surface area contributed by atoms with E-state index in [2.05, 4.69) is 0 Å². The third-order valence-corrected chi connectivity index (χ3v) is 12.1. The first-order chi connectivity index (χ1) is 21.0. The average molecular weight is 616 g/mol. The van der Waals surface area contributed by atoms with E-state index in [0.29, 0.717) is 24.2 Å². The van der Waals surface area contributed by atoms with Gasteiger partial charge in [0.2, 0.25) is 5.91 Å². The first kappa shape index (κ1) is 30.1. The number of fused-ring (bicyclic) bond motifs is 3. The maximum Gasteiger partial charge on any atom is 0.269 e. The monoisotopic (exact) mass is 615 g/mol. The third kappa shape index (κ3) is 4.93. The number of amides is 2. The number of hydrogen-bond acceptors (Lipinski definition) is 7. The predicted molar refractivity (Wildman–Crippen MR) is 166 cm³/mol. The number of carbonyl (C=O) groups is 2. The Morgan fingerprint density at radius 1 is 1.09 bits per heavy atom. The Kier molecular flexibility index (Phi) is 7.69. The molecule has 10 nitrogen and oxygen atoms in total. The molecule has 1 fully saturated rings. The molecule has 0 saturated carbocycles. The molecule has 0 aliphatic carbocycles.